The van der Waals surface area contributed by atoms with Crippen LogP contribution in [0.4, 0.5) is 0 Å². The van der Waals surface area contributed by atoms with Crippen LogP contribution in [0.3, 0.4) is 0 Å². The van der Waals surface area contributed by atoms with E-state index in [-0.39, 0.29) is 5.41 Å². The van der Waals surface area contributed by atoms with Crippen molar-refractivity contribution in [3.63, 3.8) is 0 Å². The molecule has 0 unspecified atom stereocenters. The van der Waals surface area contributed by atoms with E-state index in [1.807, 2.05) is 89.5 Å². The number of nitrogens with zero attached hydrogens (tertiary/aromatic N) is 4. The second-order valence-electron chi connectivity index (χ2n) is 12.5. The summed E-state index contributed by atoms with van der Waals surface area (Å²) in [6.45, 7) is 6.66. The van der Waals surface area contributed by atoms with Gasteiger partial charge in [-0.2, -0.15) is 0 Å². The van der Waals surface area contributed by atoms with Gasteiger partial charge in [-0.1, -0.05) is 106 Å². The van der Waals surface area contributed by atoms with Crippen LogP contribution in [0.15, 0.2) is 140 Å². The molecule has 5 aromatic carbocycles. The van der Waals surface area contributed by atoms with Gasteiger partial charge in [-0.3, -0.25) is 13.7 Å². The molecule has 3 heterocycles. The number of hydrogen-bond donors (Lipinski definition) is 0. The van der Waals surface area contributed by atoms with Gasteiger partial charge < -0.3 is 0 Å². The van der Waals surface area contributed by atoms with Crippen LogP contribution >= 0.6 is 0 Å². The van der Waals surface area contributed by atoms with Crippen LogP contribution in [0.5, 0.6) is 0 Å². The Morgan fingerprint density at radius 2 is 1.42 bits per heavy atom. The van der Waals surface area contributed by atoms with Crippen LogP contribution in [0.1, 0.15) is 40.2 Å². The number of fused-ring (bicyclic) bond motifs is 4. The molecule has 8 aromatic rings. The molecule has 0 spiro atoms. The Morgan fingerprint density at radius 3 is 2.22 bits per heavy atom. The maximum Gasteiger partial charge on any atom is 0.269 e. The van der Waals surface area contributed by atoms with E-state index < -0.39 is 6.37 Å². The zero-order valence-electron chi connectivity index (χ0n) is 27.6. The number of benzene rings is 5. The van der Waals surface area contributed by atoms with Gasteiger partial charge in [-0.15, -0.1) is 0 Å². The van der Waals surface area contributed by atoms with E-state index in [0.717, 1.165) is 50.0 Å². The molecule has 45 heavy (non-hydrogen) atoms. The van der Waals surface area contributed by atoms with Crippen molar-refractivity contribution >= 4 is 32.8 Å². The maximum absolute atomic E-state index is 9.44. The molecule has 0 amide bonds. The summed E-state index contributed by atoms with van der Waals surface area (Å²) in [4.78, 5) is 4.64. The largest absolute Gasteiger partial charge is 0.294 e. The fourth-order valence-corrected chi connectivity index (χ4v) is 6.22. The molecule has 8 rings (SSSR count). The highest BCUT2D eigenvalue weighted by Crippen LogP contribution is 2.32. The van der Waals surface area contributed by atoms with Crippen molar-refractivity contribution in [3.05, 3.63) is 163 Å². The fourth-order valence-electron chi connectivity index (χ4n) is 6.22. The predicted octanol–water partition coefficient (Wildman–Crippen LogP) is 9.09. The van der Waals surface area contributed by atoms with Crippen molar-refractivity contribution in [3.8, 4) is 17.2 Å². The lowest BCUT2D eigenvalue weighted by Crippen LogP contribution is -2.29. The Hall–Kier alpha value is -5.48. The Bertz CT molecular complexity index is 2410. The predicted molar refractivity (Wildman–Crippen MR) is 184 cm³/mol. The van der Waals surface area contributed by atoms with Crippen molar-refractivity contribution in [2.45, 2.75) is 32.6 Å². The highest BCUT2D eigenvalue weighted by atomic mass is 15.1. The van der Waals surface area contributed by atoms with Crippen molar-refractivity contribution < 1.29 is 7.31 Å². The molecule has 0 atom stereocenters. The topological polar surface area (TPSA) is 26.6 Å². The Labute approximate surface area is 266 Å². The molecule has 0 aliphatic carbocycles. The molecule has 0 aliphatic rings. The molecule has 4 heteroatoms. The maximum atomic E-state index is 9.44. The number of hydrogen-bond acceptors (Lipinski definition) is 1. The molecule has 0 saturated heterocycles. The molecule has 0 bridgehead atoms. The minimum Gasteiger partial charge on any atom is -0.294 e. The molecule has 0 aliphatic heterocycles. The second-order valence-corrected chi connectivity index (χ2v) is 12.5. The van der Waals surface area contributed by atoms with Crippen LogP contribution in [0.25, 0.3) is 50.0 Å². The number of pyridine rings is 1. The Kier molecular flexibility index (Phi) is 5.87. The average Bonchev–Trinajstić information content (AvgIpc) is 3.65. The van der Waals surface area contributed by atoms with Crippen molar-refractivity contribution in [2.24, 2.45) is 0 Å². The summed E-state index contributed by atoms with van der Waals surface area (Å²) in [5.41, 5.74) is 8.34. The van der Waals surface area contributed by atoms with Gasteiger partial charge in [0.05, 0.1) is 33.4 Å². The zero-order valence-corrected chi connectivity index (χ0v) is 25.6. The number of imidazole rings is 1. The molecular formula is C41H34N4. The highest BCUT2D eigenvalue weighted by Gasteiger charge is 2.17. The van der Waals surface area contributed by atoms with E-state index in [1.54, 1.807) is 6.20 Å². The van der Waals surface area contributed by atoms with Gasteiger partial charge in [-0.05, 0) is 77.0 Å². The van der Waals surface area contributed by atoms with Crippen LogP contribution in [-0.4, -0.2) is 14.1 Å². The first kappa shape index (κ1) is 24.9. The molecule has 0 N–H and O–H groups in total. The molecular weight excluding hydrogens is 548 g/mol. The summed E-state index contributed by atoms with van der Waals surface area (Å²) in [5.74, 6) is 0.801. The van der Waals surface area contributed by atoms with E-state index in [0.29, 0.717) is 11.1 Å². The third kappa shape index (κ3) is 4.79. The van der Waals surface area contributed by atoms with Gasteiger partial charge in [0.1, 0.15) is 5.82 Å². The molecule has 0 fully saturated rings. The minimum atomic E-state index is -1.77. The summed E-state index contributed by atoms with van der Waals surface area (Å²) in [6, 6.07) is 44.7. The Balaban J connectivity index is 1.24. The molecule has 218 valence electrons. The first-order chi connectivity index (χ1) is 22.7. The molecule has 3 aromatic heterocycles. The first-order valence-electron chi connectivity index (χ1n) is 16.3. The summed E-state index contributed by atoms with van der Waals surface area (Å²) in [5, 5.41) is 2.17. The van der Waals surface area contributed by atoms with E-state index in [1.165, 1.54) is 5.56 Å². The molecule has 0 radical (unpaired) electrons. The smallest absolute Gasteiger partial charge is 0.269 e. The summed E-state index contributed by atoms with van der Waals surface area (Å²) in [6.07, 6.45) is 3.59. The van der Waals surface area contributed by atoms with Crippen molar-refractivity contribution in [1.82, 2.24) is 14.1 Å². The van der Waals surface area contributed by atoms with Crippen molar-refractivity contribution in [1.29, 1.82) is 0 Å². The van der Waals surface area contributed by atoms with Gasteiger partial charge in [0.15, 0.2) is 0 Å². The van der Waals surface area contributed by atoms with E-state index in [9.17, 15) is 2.74 Å². The summed E-state index contributed by atoms with van der Waals surface area (Å²) >= 11 is 0. The van der Waals surface area contributed by atoms with Gasteiger partial charge in [0, 0.05) is 19.7 Å². The zero-order chi connectivity index (χ0) is 32.3. The lowest BCUT2D eigenvalue weighted by Gasteiger charge is -2.19. The van der Waals surface area contributed by atoms with Gasteiger partial charge in [-0.25, -0.2) is 4.98 Å². The number of rotatable bonds is 5. The normalized spacial score (nSPS) is 13.0. The monoisotopic (exact) mass is 584 g/mol. The van der Waals surface area contributed by atoms with Crippen LogP contribution in [-0.2, 0) is 11.8 Å². The standard InChI is InChI=1S/C41H34N4/c1-41(2,3)31-19-21-32(22-20-31)43-28-44(38-16-7-6-15-37(38)43)33-12-10-11-29(26-33)25-30-18-23-35-34-13-4-5-14-36(34)45(39(35)27-30)40-17-8-9-24-42-40/h4-24,26-27H,25H2,1-3H3/i25D2. The molecule has 4 nitrogen and oxygen atoms in total. The number of aromatic nitrogens is 4. The van der Waals surface area contributed by atoms with Gasteiger partial charge in [0.2, 0.25) is 0 Å². The summed E-state index contributed by atoms with van der Waals surface area (Å²) in [7, 11) is 0. The fraction of sp³-hybridized carbons (Fsp3) is 0.122. The lowest BCUT2D eigenvalue weighted by atomic mass is 9.87. The first-order valence-corrected chi connectivity index (χ1v) is 15.3. The van der Waals surface area contributed by atoms with E-state index in [2.05, 4.69) is 89.7 Å². The summed E-state index contributed by atoms with van der Waals surface area (Å²) < 4.78 is 25.1. The van der Waals surface area contributed by atoms with Crippen LogP contribution in [0.2, 0.25) is 0 Å². The quantitative estimate of drug-likeness (QED) is 0.146. The lowest BCUT2D eigenvalue weighted by molar-refractivity contribution is -0.572. The third-order valence-corrected chi connectivity index (χ3v) is 8.50. The SMILES string of the molecule is [2H]C([2H])(c1cccc(-n2[c-][n+](-c3ccc(C(C)(C)C)cc3)c3ccccc32)c1)c1ccc2c3ccccc3n(-c3ccccn3)c2c1. The van der Waals surface area contributed by atoms with Crippen molar-refractivity contribution in [2.75, 3.05) is 0 Å². The number of para-hydroxylation sites is 3. The average molecular weight is 585 g/mol. The van der Waals surface area contributed by atoms with E-state index in [4.69, 9.17) is 0 Å². The van der Waals surface area contributed by atoms with Gasteiger partial charge >= 0.3 is 0 Å². The van der Waals surface area contributed by atoms with E-state index >= 15 is 0 Å². The third-order valence-electron chi connectivity index (χ3n) is 8.50. The van der Waals surface area contributed by atoms with Crippen LogP contribution in [0, 0.1) is 6.33 Å². The Morgan fingerprint density at radius 1 is 0.689 bits per heavy atom. The van der Waals surface area contributed by atoms with Gasteiger partial charge in [0.25, 0.3) is 6.33 Å². The van der Waals surface area contributed by atoms with Crippen LogP contribution < -0.4 is 4.57 Å². The molecule has 0 saturated carbocycles. The second kappa shape index (κ2) is 10.6. The minimum absolute atomic E-state index is 0.0693. The highest BCUT2D eigenvalue weighted by molar-refractivity contribution is 6.09.